The molecule has 1 N–H and O–H groups in total. The van der Waals surface area contributed by atoms with Gasteiger partial charge >= 0.3 is 0 Å². The Morgan fingerprint density at radius 1 is 1.45 bits per heavy atom. The summed E-state index contributed by atoms with van der Waals surface area (Å²) in [7, 11) is 0. The van der Waals surface area contributed by atoms with Crippen molar-refractivity contribution in [3.05, 3.63) is 23.7 Å². The Balaban J connectivity index is 2.22. The average Bonchev–Trinajstić information content (AvgIpc) is 2.34. The van der Waals surface area contributed by atoms with Crippen LogP contribution in [0.3, 0.4) is 0 Å². The number of aliphatic hydroxyl groups excluding tert-OH is 1. The fourth-order valence-corrected chi connectivity index (χ4v) is 1.60. The molecule has 0 aliphatic heterocycles. The first-order chi connectivity index (χ1) is 5.29. The smallest absolute Gasteiger partial charge is 0.0941 e. The number of hydrogen-bond donors (Lipinski definition) is 1. The Hall–Kier alpha value is -0.760. The van der Waals surface area contributed by atoms with Crippen molar-refractivity contribution in [3.8, 4) is 0 Å². The highest BCUT2D eigenvalue weighted by molar-refractivity contribution is 5.26. The van der Waals surface area contributed by atoms with E-state index in [0.717, 1.165) is 18.4 Å². The van der Waals surface area contributed by atoms with Crippen LogP contribution in [0, 0.1) is 6.92 Å². The lowest BCUT2D eigenvalue weighted by atomic mass is 9.77. The van der Waals surface area contributed by atoms with Crippen LogP contribution in [0.25, 0.3) is 0 Å². The van der Waals surface area contributed by atoms with Gasteiger partial charge in [-0.05, 0) is 30.9 Å². The quantitative estimate of drug-likeness (QED) is 0.666. The third kappa shape index (κ3) is 0.979. The Bertz CT molecular complexity index is 252. The van der Waals surface area contributed by atoms with Gasteiger partial charge < -0.3 is 9.52 Å². The molecule has 0 saturated heterocycles. The molecule has 1 aromatic heterocycles. The average molecular weight is 152 g/mol. The van der Waals surface area contributed by atoms with E-state index in [1.165, 1.54) is 5.56 Å². The summed E-state index contributed by atoms with van der Waals surface area (Å²) in [4.78, 5) is 0. The second-order valence-corrected chi connectivity index (χ2v) is 3.26. The van der Waals surface area contributed by atoms with Crippen molar-refractivity contribution in [2.45, 2.75) is 31.8 Å². The summed E-state index contributed by atoms with van der Waals surface area (Å²) in [6.45, 7) is 2.02. The Kier molecular flexibility index (Phi) is 1.50. The zero-order valence-corrected chi connectivity index (χ0v) is 6.58. The third-order valence-electron chi connectivity index (χ3n) is 2.53. The van der Waals surface area contributed by atoms with Crippen LogP contribution in [-0.2, 0) is 0 Å². The van der Waals surface area contributed by atoms with Gasteiger partial charge in [0.25, 0.3) is 0 Å². The van der Waals surface area contributed by atoms with Crippen LogP contribution >= 0.6 is 0 Å². The lowest BCUT2D eigenvalue weighted by molar-refractivity contribution is 0.0656. The number of hydrogen-bond acceptors (Lipinski definition) is 2. The Morgan fingerprint density at radius 3 is 2.64 bits per heavy atom. The van der Waals surface area contributed by atoms with Gasteiger partial charge in [0.15, 0.2) is 0 Å². The molecule has 0 aromatic carbocycles. The molecule has 0 bridgehead atoms. The summed E-state index contributed by atoms with van der Waals surface area (Å²) >= 11 is 0. The van der Waals surface area contributed by atoms with Gasteiger partial charge in [0.05, 0.1) is 18.6 Å². The molecule has 1 heterocycles. The van der Waals surface area contributed by atoms with E-state index in [2.05, 4.69) is 0 Å². The molecule has 11 heavy (non-hydrogen) atoms. The lowest BCUT2D eigenvalue weighted by Gasteiger charge is -2.31. The summed E-state index contributed by atoms with van der Waals surface area (Å²) in [5, 5.41) is 9.36. The fraction of sp³-hybridized carbons (Fsp3) is 0.556. The van der Waals surface area contributed by atoms with Crippen LogP contribution in [0.4, 0.5) is 0 Å². The first kappa shape index (κ1) is 6.92. The molecular formula is C9H12O2. The van der Waals surface area contributed by atoms with E-state index in [4.69, 9.17) is 4.42 Å². The second-order valence-electron chi connectivity index (χ2n) is 3.26. The summed E-state index contributed by atoms with van der Waals surface area (Å²) in [6, 6.07) is 0. The highest BCUT2D eigenvalue weighted by atomic mass is 16.3. The zero-order chi connectivity index (χ0) is 7.84. The molecule has 2 unspecified atom stereocenters. The molecule has 2 heteroatoms. The minimum Gasteiger partial charge on any atom is -0.472 e. The highest BCUT2D eigenvalue weighted by Gasteiger charge is 2.31. The Labute approximate surface area is 65.8 Å². The highest BCUT2D eigenvalue weighted by Crippen LogP contribution is 2.38. The van der Waals surface area contributed by atoms with Gasteiger partial charge in [-0.15, -0.1) is 0 Å². The van der Waals surface area contributed by atoms with Crippen molar-refractivity contribution >= 4 is 0 Å². The van der Waals surface area contributed by atoms with Crippen molar-refractivity contribution in [2.75, 3.05) is 0 Å². The topological polar surface area (TPSA) is 33.4 Å². The van der Waals surface area contributed by atoms with Crippen molar-refractivity contribution in [1.29, 1.82) is 0 Å². The molecule has 1 saturated carbocycles. The van der Waals surface area contributed by atoms with Gasteiger partial charge in [0.2, 0.25) is 0 Å². The maximum atomic E-state index is 9.36. The predicted molar refractivity (Wildman–Crippen MR) is 41.4 cm³/mol. The molecular weight excluding hydrogens is 140 g/mol. The molecule has 2 rings (SSSR count). The standard InChI is InChI=1S/C9H12O2/c1-6-4-11-5-8(6)7-2-3-9(7)10/h4-5,7,9-10H,2-3H2,1H3. The minimum absolute atomic E-state index is 0.133. The third-order valence-corrected chi connectivity index (χ3v) is 2.53. The van der Waals surface area contributed by atoms with Crippen molar-refractivity contribution in [2.24, 2.45) is 0 Å². The van der Waals surface area contributed by atoms with Crippen LogP contribution < -0.4 is 0 Å². The van der Waals surface area contributed by atoms with E-state index in [0.29, 0.717) is 5.92 Å². The molecule has 0 spiro atoms. The molecule has 0 amide bonds. The zero-order valence-electron chi connectivity index (χ0n) is 6.58. The molecule has 0 radical (unpaired) electrons. The van der Waals surface area contributed by atoms with Gasteiger partial charge in [-0.25, -0.2) is 0 Å². The fourth-order valence-electron chi connectivity index (χ4n) is 1.60. The molecule has 60 valence electrons. The minimum atomic E-state index is -0.133. The van der Waals surface area contributed by atoms with Gasteiger partial charge in [-0.3, -0.25) is 0 Å². The molecule has 1 fully saturated rings. The van der Waals surface area contributed by atoms with Crippen LogP contribution in [0.15, 0.2) is 16.9 Å². The van der Waals surface area contributed by atoms with E-state index in [1.54, 1.807) is 12.5 Å². The van der Waals surface area contributed by atoms with Crippen molar-refractivity contribution < 1.29 is 9.52 Å². The maximum absolute atomic E-state index is 9.36. The number of rotatable bonds is 1. The van der Waals surface area contributed by atoms with E-state index >= 15 is 0 Å². The number of aryl methyl sites for hydroxylation is 1. The normalized spacial score (nSPS) is 30.0. The van der Waals surface area contributed by atoms with Gasteiger partial charge in [0.1, 0.15) is 0 Å². The van der Waals surface area contributed by atoms with Gasteiger partial charge in [0, 0.05) is 5.92 Å². The lowest BCUT2D eigenvalue weighted by Crippen LogP contribution is -2.28. The van der Waals surface area contributed by atoms with Crippen LogP contribution in [0.1, 0.15) is 29.9 Å². The first-order valence-corrected chi connectivity index (χ1v) is 4.00. The summed E-state index contributed by atoms with van der Waals surface area (Å²) in [5.74, 6) is 0.341. The molecule has 1 aliphatic rings. The van der Waals surface area contributed by atoms with Gasteiger partial charge in [-0.2, -0.15) is 0 Å². The van der Waals surface area contributed by atoms with E-state index < -0.39 is 0 Å². The molecule has 2 nitrogen and oxygen atoms in total. The Morgan fingerprint density at radius 2 is 2.27 bits per heavy atom. The maximum Gasteiger partial charge on any atom is 0.0941 e. The largest absolute Gasteiger partial charge is 0.472 e. The van der Waals surface area contributed by atoms with Crippen molar-refractivity contribution in [1.82, 2.24) is 0 Å². The molecule has 1 aromatic rings. The second kappa shape index (κ2) is 2.38. The van der Waals surface area contributed by atoms with E-state index in [-0.39, 0.29) is 6.10 Å². The molecule has 1 aliphatic carbocycles. The SMILES string of the molecule is Cc1cocc1C1CCC1O. The monoisotopic (exact) mass is 152 g/mol. The summed E-state index contributed by atoms with van der Waals surface area (Å²) in [5.41, 5.74) is 2.34. The number of aliphatic hydroxyl groups is 1. The first-order valence-electron chi connectivity index (χ1n) is 4.00. The summed E-state index contributed by atoms with van der Waals surface area (Å²) < 4.78 is 5.04. The van der Waals surface area contributed by atoms with Gasteiger partial charge in [-0.1, -0.05) is 0 Å². The van der Waals surface area contributed by atoms with Crippen LogP contribution in [0.5, 0.6) is 0 Å². The van der Waals surface area contributed by atoms with Crippen LogP contribution in [-0.4, -0.2) is 11.2 Å². The van der Waals surface area contributed by atoms with Crippen molar-refractivity contribution in [3.63, 3.8) is 0 Å². The predicted octanol–water partition coefficient (Wildman–Crippen LogP) is 1.83. The van der Waals surface area contributed by atoms with Crippen LogP contribution in [0.2, 0.25) is 0 Å². The van der Waals surface area contributed by atoms with E-state index in [1.807, 2.05) is 6.92 Å². The number of furan rings is 1. The molecule has 2 atom stereocenters. The van der Waals surface area contributed by atoms with E-state index in [9.17, 15) is 5.11 Å². The summed E-state index contributed by atoms with van der Waals surface area (Å²) in [6.07, 6.45) is 5.39.